The Morgan fingerprint density at radius 1 is 0.853 bits per heavy atom. The van der Waals surface area contributed by atoms with Gasteiger partial charge in [-0.1, -0.05) is 60.7 Å². The molecule has 0 radical (unpaired) electrons. The van der Waals surface area contributed by atoms with Crippen molar-refractivity contribution in [3.05, 3.63) is 103 Å². The predicted molar refractivity (Wildman–Crippen MR) is 134 cm³/mol. The average Bonchev–Trinajstić information content (AvgIpc) is 3.26. The summed E-state index contributed by atoms with van der Waals surface area (Å²) in [6.07, 6.45) is 4.36. The molecule has 0 atom stereocenters. The fraction of sp³-hybridized carbons (Fsp3) is 0.0769. The predicted octanol–water partition coefficient (Wildman–Crippen LogP) is 4.39. The van der Waals surface area contributed by atoms with Crippen molar-refractivity contribution < 1.29 is 8.42 Å². The van der Waals surface area contributed by atoms with Crippen molar-refractivity contribution in [2.75, 3.05) is 11.9 Å². The number of aromatic nitrogens is 3. The van der Waals surface area contributed by atoms with Crippen LogP contribution >= 0.6 is 0 Å². The van der Waals surface area contributed by atoms with Gasteiger partial charge in [0.25, 0.3) is 0 Å². The van der Waals surface area contributed by atoms with Gasteiger partial charge in [0, 0.05) is 24.0 Å². The standard InChI is InChI=1S/C26H23N5O2S/c27-34(32,33)22-13-11-19(12-14-22)15-16-28-25-24-23(20-7-3-1-4-8-20)17-31(26(24)30-18-29-25)21-9-5-2-6-10-21/h1-14,17-18H,15-16H2,(H2,27,32,33)(H,28,29,30). The van der Waals surface area contributed by atoms with Gasteiger partial charge in [-0.25, -0.2) is 23.5 Å². The summed E-state index contributed by atoms with van der Waals surface area (Å²) >= 11 is 0. The van der Waals surface area contributed by atoms with Crippen molar-refractivity contribution in [1.82, 2.24) is 14.5 Å². The number of para-hydroxylation sites is 1. The summed E-state index contributed by atoms with van der Waals surface area (Å²) in [6, 6.07) is 26.9. The number of fused-ring (bicyclic) bond motifs is 1. The zero-order valence-electron chi connectivity index (χ0n) is 18.3. The molecule has 0 aliphatic rings. The molecule has 0 unspecified atom stereocenters. The van der Waals surface area contributed by atoms with Crippen LogP contribution in [0.5, 0.6) is 0 Å². The molecule has 0 saturated heterocycles. The lowest BCUT2D eigenvalue weighted by Gasteiger charge is -2.09. The fourth-order valence-electron chi connectivity index (χ4n) is 3.99. The van der Waals surface area contributed by atoms with Gasteiger partial charge in [-0.2, -0.15) is 0 Å². The Morgan fingerprint density at radius 2 is 1.53 bits per heavy atom. The van der Waals surface area contributed by atoms with Crippen LogP contribution in [0, 0.1) is 0 Å². The number of hydrogen-bond donors (Lipinski definition) is 2. The summed E-state index contributed by atoms with van der Waals surface area (Å²) in [6.45, 7) is 0.617. The number of sulfonamides is 1. The van der Waals surface area contributed by atoms with Gasteiger partial charge in [0.15, 0.2) is 5.65 Å². The first kappa shape index (κ1) is 21.8. The normalized spacial score (nSPS) is 11.6. The Bertz CT molecular complexity index is 1530. The molecule has 5 rings (SSSR count). The van der Waals surface area contributed by atoms with Gasteiger partial charge in [-0.3, -0.25) is 0 Å². The van der Waals surface area contributed by atoms with Gasteiger partial charge < -0.3 is 9.88 Å². The van der Waals surface area contributed by atoms with Gasteiger partial charge in [0.2, 0.25) is 10.0 Å². The zero-order valence-corrected chi connectivity index (χ0v) is 19.1. The number of hydrogen-bond acceptors (Lipinski definition) is 5. The minimum Gasteiger partial charge on any atom is -0.369 e. The van der Waals surface area contributed by atoms with E-state index in [1.165, 1.54) is 12.1 Å². The Balaban J connectivity index is 1.48. The number of benzene rings is 3. The molecule has 3 N–H and O–H groups in total. The molecule has 0 aliphatic heterocycles. The molecule has 0 amide bonds. The van der Waals surface area contributed by atoms with Gasteiger partial charge in [-0.05, 0) is 41.8 Å². The molecule has 0 bridgehead atoms. The largest absolute Gasteiger partial charge is 0.369 e. The maximum absolute atomic E-state index is 11.5. The molecule has 34 heavy (non-hydrogen) atoms. The second-order valence-electron chi connectivity index (χ2n) is 7.90. The van der Waals surface area contributed by atoms with Crippen LogP contribution in [0.3, 0.4) is 0 Å². The highest BCUT2D eigenvalue weighted by atomic mass is 32.2. The van der Waals surface area contributed by atoms with Crippen LogP contribution in [0.25, 0.3) is 27.8 Å². The lowest BCUT2D eigenvalue weighted by molar-refractivity contribution is 0.598. The van der Waals surface area contributed by atoms with E-state index in [1.807, 2.05) is 36.4 Å². The number of primary sulfonamides is 1. The maximum atomic E-state index is 11.5. The van der Waals surface area contributed by atoms with E-state index in [-0.39, 0.29) is 4.90 Å². The van der Waals surface area contributed by atoms with E-state index in [9.17, 15) is 8.42 Å². The molecule has 7 nitrogen and oxygen atoms in total. The van der Waals surface area contributed by atoms with E-state index in [0.717, 1.165) is 39.2 Å². The van der Waals surface area contributed by atoms with Gasteiger partial charge in [-0.15, -0.1) is 0 Å². The maximum Gasteiger partial charge on any atom is 0.238 e. The molecule has 0 saturated carbocycles. The second-order valence-corrected chi connectivity index (χ2v) is 9.46. The molecular formula is C26H23N5O2S. The highest BCUT2D eigenvalue weighted by molar-refractivity contribution is 7.89. The van der Waals surface area contributed by atoms with Gasteiger partial charge in [0.1, 0.15) is 12.1 Å². The van der Waals surface area contributed by atoms with Crippen LogP contribution in [-0.4, -0.2) is 29.5 Å². The molecule has 170 valence electrons. The SMILES string of the molecule is NS(=O)(=O)c1ccc(CCNc2ncnc3c2c(-c2ccccc2)cn3-c2ccccc2)cc1. The van der Waals surface area contributed by atoms with Gasteiger partial charge in [0.05, 0.1) is 10.3 Å². The molecule has 3 aromatic carbocycles. The number of nitrogens with zero attached hydrogens (tertiary/aromatic N) is 3. The quantitative estimate of drug-likeness (QED) is 0.368. The molecule has 5 aromatic rings. The second kappa shape index (κ2) is 9.09. The number of anilines is 1. The van der Waals surface area contributed by atoms with E-state index in [2.05, 4.69) is 50.3 Å². The lowest BCUT2D eigenvalue weighted by Crippen LogP contribution is -2.12. The lowest BCUT2D eigenvalue weighted by atomic mass is 10.1. The van der Waals surface area contributed by atoms with Crippen LogP contribution in [0.1, 0.15) is 5.56 Å². The molecule has 2 aromatic heterocycles. The number of rotatable bonds is 7. The number of nitrogens with two attached hydrogens (primary N) is 1. The van der Waals surface area contributed by atoms with Crippen LogP contribution in [0.2, 0.25) is 0 Å². The van der Waals surface area contributed by atoms with E-state index < -0.39 is 10.0 Å². The van der Waals surface area contributed by atoms with Crippen molar-refractivity contribution >= 4 is 26.9 Å². The Morgan fingerprint density at radius 3 is 2.21 bits per heavy atom. The molecule has 2 heterocycles. The summed E-state index contributed by atoms with van der Waals surface area (Å²) in [5.41, 5.74) is 4.96. The third-order valence-electron chi connectivity index (χ3n) is 5.66. The summed E-state index contributed by atoms with van der Waals surface area (Å²) in [5, 5.41) is 9.58. The zero-order chi connectivity index (χ0) is 23.5. The smallest absolute Gasteiger partial charge is 0.238 e. The van der Waals surface area contributed by atoms with Crippen molar-refractivity contribution in [3.63, 3.8) is 0 Å². The van der Waals surface area contributed by atoms with Crippen LogP contribution in [0.15, 0.2) is 102 Å². The molecular weight excluding hydrogens is 446 g/mol. The van der Waals surface area contributed by atoms with Crippen LogP contribution in [0.4, 0.5) is 5.82 Å². The van der Waals surface area contributed by atoms with Crippen LogP contribution < -0.4 is 10.5 Å². The average molecular weight is 470 g/mol. The monoisotopic (exact) mass is 469 g/mol. The fourth-order valence-corrected chi connectivity index (χ4v) is 4.50. The van der Waals surface area contributed by atoms with E-state index in [1.54, 1.807) is 18.5 Å². The Labute approximate surface area is 198 Å². The molecule has 0 aliphatic carbocycles. The summed E-state index contributed by atoms with van der Waals surface area (Å²) in [5.74, 6) is 0.750. The third-order valence-corrected chi connectivity index (χ3v) is 6.59. The van der Waals surface area contributed by atoms with Crippen LogP contribution in [-0.2, 0) is 16.4 Å². The van der Waals surface area contributed by atoms with E-state index in [0.29, 0.717) is 13.0 Å². The molecule has 0 spiro atoms. The van der Waals surface area contributed by atoms with Crippen molar-refractivity contribution in [3.8, 4) is 16.8 Å². The Kier molecular flexibility index (Phi) is 5.83. The third kappa shape index (κ3) is 4.41. The highest BCUT2D eigenvalue weighted by Gasteiger charge is 2.17. The van der Waals surface area contributed by atoms with Crippen molar-refractivity contribution in [2.45, 2.75) is 11.3 Å². The molecule has 0 fully saturated rings. The summed E-state index contributed by atoms with van der Waals surface area (Å²) in [4.78, 5) is 9.26. The highest BCUT2D eigenvalue weighted by Crippen LogP contribution is 2.35. The van der Waals surface area contributed by atoms with E-state index >= 15 is 0 Å². The Hall–Kier alpha value is -4.01. The summed E-state index contributed by atoms with van der Waals surface area (Å²) in [7, 11) is -3.69. The first-order chi connectivity index (χ1) is 16.5. The molecule has 8 heteroatoms. The first-order valence-electron chi connectivity index (χ1n) is 10.8. The minimum atomic E-state index is -3.69. The first-order valence-corrected chi connectivity index (χ1v) is 12.4. The topological polar surface area (TPSA) is 103 Å². The minimum absolute atomic E-state index is 0.108. The van der Waals surface area contributed by atoms with E-state index in [4.69, 9.17) is 5.14 Å². The number of nitrogens with one attached hydrogen (secondary N) is 1. The van der Waals surface area contributed by atoms with Crippen molar-refractivity contribution in [2.24, 2.45) is 5.14 Å². The van der Waals surface area contributed by atoms with Gasteiger partial charge >= 0.3 is 0 Å². The summed E-state index contributed by atoms with van der Waals surface area (Å²) < 4.78 is 25.0. The van der Waals surface area contributed by atoms with Crippen molar-refractivity contribution in [1.29, 1.82) is 0 Å².